The molecule has 5 heteroatoms. The Morgan fingerprint density at radius 3 is 2.50 bits per heavy atom. The van der Waals surface area contributed by atoms with Crippen LogP contribution >= 0.6 is 15.9 Å². The van der Waals surface area contributed by atoms with Crippen LogP contribution in [-0.2, 0) is 9.59 Å². The number of hydrogen-bond acceptors (Lipinski definition) is 2. The Morgan fingerprint density at radius 1 is 1.15 bits per heavy atom. The molecule has 2 atom stereocenters. The van der Waals surface area contributed by atoms with Crippen molar-refractivity contribution in [2.45, 2.75) is 26.2 Å². The van der Waals surface area contributed by atoms with E-state index in [1.165, 1.54) is 0 Å². The zero-order valence-electron chi connectivity index (χ0n) is 14.8. The summed E-state index contributed by atoms with van der Waals surface area (Å²) in [4.78, 5) is 27.3. The number of nitrogens with zero attached hydrogens (tertiary/aromatic N) is 1. The Labute approximate surface area is 162 Å². The van der Waals surface area contributed by atoms with Gasteiger partial charge in [-0.25, -0.2) is 0 Å². The number of benzene rings is 2. The molecule has 26 heavy (non-hydrogen) atoms. The van der Waals surface area contributed by atoms with E-state index in [0.29, 0.717) is 6.54 Å². The van der Waals surface area contributed by atoms with Gasteiger partial charge in [0.1, 0.15) is 0 Å². The molecular formula is C21H23BrN2O2. The van der Waals surface area contributed by atoms with Crippen LogP contribution < -0.4 is 10.2 Å². The molecule has 1 fully saturated rings. The molecule has 1 aliphatic heterocycles. The lowest BCUT2D eigenvalue weighted by atomic mass is 9.88. The SMILES string of the molecule is CCC[C@H]1CN(c2ccc(Br)cc2)C(=O)[C@H]1CC(=O)Nc1ccccc1. The first-order valence-electron chi connectivity index (χ1n) is 9.00. The largest absolute Gasteiger partial charge is 0.326 e. The summed E-state index contributed by atoms with van der Waals surface area (Å²) in [7, 11) is 0. The number of carbonyl (C=O) groups excluding carboxylic acids is 2. The van der Waals surface area contributed by atoms with E-state index in [-0.39, 0.29) is 30.1 Å². The van der Waals surface area contributed by atoms with Crippen LogP contribution in [0.25, 0.3) is 0 Å². The second kappa shape index (κ2) is 8.49. The van der Waals surface area contributed by atoms with Gasteiger partial charge in [-0.2, -0.15) is 0 Å². The maximum atomic E-state index is 13.0. The summed E-state index contributed by atoms with van der Waals surface area (Å²) in [5.41, 5.74) is 1.66. The van der Waals surface area contributed by atoms with Crippen molar-refractivity contribution in [3.63, 3.8) is 0 Å². The molecule has 0 aromatic heterocycles. The molecule has 4 nitrogen and oxygen atoms in total. The molecule has 2 aromatic carbocycles. The molecule has 1 N–H and O–H groups in total. The van der Waals surface area contributed by atoms with Gasteiger partial charge in [-0.05, 0) is 48.7 Å². The highest BCUT2D eigenvalue weighted by molar-refractivity contribution is 9.10. The average Bonchev–Trinajstić information content (AvgIpc) is 2.93. The number of halogens is 1. The van der Waals surface area contributed by atoms with Crippen LogP contribution in [0.3, 0.4) is 0 Å². The predicted molar refractivity (Wildman–Crippen MR) is 108 cm³/mol. The highest BCUT2D eigenvalue weighted by atomic mass is 79.9. The predicted octanol–water partition coefficient (Wildman–Crippen LogP) is 4.86. The fourth-order valence-corrected chi connectivity index (χ4v) is 3.82. The lowest BCUT2D eigenvalue weighted by Crippen LogP contribution is -2.29. The average molecular weight is 415 g/mol. The fraction of sp³-hybridized carbons (Fsp3) is 0.333. The first-order chi connectivity index (χ1) is 12.6. The molecule has 0 saturated carbocycles. The maximum Gasteiger partial charge on any atom is 0.230 e. The molecule has 0 spiro atoms. The van der Waals surface area contributed by atoms with E-state index in [4.69, 9.17) is 0 Å². The molecule has 1 saturated heterocycles. The molecule has 1 heterocycles. The highest BCUT2D eigenvalue weighted by Crippen LogP contribution is 2.35. The van der Waals surface area contributed by atoms with Gasteiger partial charge in [-0.1, -0.05) is 47.5 Å². The number of hydrogen-bond donors (Lipinski definition) is 1. The molecule has 0 unspecified atom stereocenters. The van der Waals surface area contributed by atoms with E-state index in [1.807, 2.05) is 59.5 Å². The zero-order valence-corrected chi connectivity index (χ0v) is 16.4. The first kappa shape index (κ1) is 18.6. The molecular weight excluding hydrogens is 392 g/mol. The van der Waals surface area contributed by atoms with Gasteiger partial charge in [0.2, 0.25) is 11.8 Å². The minimum absolute atomic E-state index is 0.0500. The molecule has 3 rings (SSSR count). The van der Waals surface area contributed by atoms with Gasteiger partial charge in [0.05, 0.1) is 5.92 Å². The van der Waals surface area contributed by atoms with Gasteiger partial charge in [0.15, 0.2) is 0 Å². The number of anilines is 2. The van der Waals surface area contributed by atoms with Crippen LogP contribution in [0.4, 0.5) is 11.4 Å². The maximum absolute atomic E-state index is 13.0. The molecule has 136 valence electrons. The van der Waals surface area contributed by atoms with Gasteiger partial charge >= 0.3 is 0 Å². The molecule has 0 aliphatic carbocycles. The fourth-order valence-electron chi connectivity index (χ4n) is 3.56. The number of rotatable bonds is 6. The minimum Gasteiger partial charge on any atom is -0.326 e. The van der Waals surface area contributed by atoms with E-state index in [0.717, 1.165) is 28.7 Å². The summed E-state index contributed by atoms with van der Waals surface area (Å²) in [6.45, 7) is 2.80. The quantitative estimate of drug-likeness (QED) is 0.733. The van der Waals surface area contributed by atoms with E-state index in [9.17, 15) is 9.59 Å². The number of nitrogens with one attached hydrogen (secondary N) is 1. The third-order valence-electron chi connectivity index (χ3n) is 4.83. The molecule has 0 radical (unpaired) electrons. The first-order valence-corrected chi connectivity index (χ1v) is 9.79. The summed E-state index contributed by atoms with van der Waals surface area (Å²) >= 11 is 3.43. The van der Waals surface area contributed by atoms with E-state index in [1.54, 1.807) is 0 Å². The van der Waals surface area contributed by atoms with E-state index >= 15 is 0 Å². The smallest absolute Gasteiger partial charge is 0.230 e. The Balaban J connectivity index is 1.72. The third kappa shape index (κ3) is 4.33. The van der Waals surface area contributed by atoms with Crippen molar-refractivity contribution in [1.82, 2.24) is 0 Å². The number of carbonyl (C=O) groups is 2. The standard InChI is InChI=1S/C21H23BrN2O2/c1-2-6-15-14-24(18-11-9-16(22)10-12-18)21(26)19(15)13-20(25)23-17-7-4-3-5-8-17/h3-5,7-12,15,19H,2,6,13-14H2,1H3,(H,23,25)/t15-,19-/m0/s1. The van der Waals surface area contributed by atoms with E-state index in [2.05, 4.69) is 28.2 Å². The van der Waals surface area contributed by atoms with Crippen molar-refractivity contribution in [2.24, 2.45) is 11.8 Å². The lowest BCUT2D eigenvalue weighted by molar-refractivity contribution is -0.125. The topological polar surface area (TPSA) is 49.4 Å². The van der Waals surface area contributed by atoms with Crippen molar-refractivity contribution in [2.75, 3.05) is 16.8 Å². The second-order valence-corrected chi connectivity index (χ2v) is 7.61. The van der Waals surface area contributed by atoms with Crippen LogP contribution in [0.2, 0.25) is 0 Å². The summed E-state index contributed by atoms with van der Waals surface area (Å²) in [6.07, 6.45) is 2.18. The van der Waals surface area contributed by atoms with Crippen LogP contribution in [0, 0.1) is 11.8 Å². The highest BCUT2D eigenvalue weighted by Gasteiger charge is 2.41. The summed E-state index contributed by atoms with van der Waals surface area (Å²) < 4.78 is 0.983. The monoisotopic (exact) mass is 414 g/mol. The summed E-state index contributed by atoms with van der Waals surface area (Å²) in [5, 5.41) is 2.90. The van der Waals surface area contributed by atoms with Gasteiger partial charge < -0.3 is 10.2 Å². The van der Waals surface area contributed by atoms with Crippen molar-refractivity contribution < 1.29 is 9.59 Å². The summed E-state index contributed by atoms with van der Waals surface area (Å²) in [5.74, 6) is -0.109. The van der Waals surface area contributed by atoms with Gasteiger partial charge in [0, 0.05) is 28.8 Å². The molecule has 2 aromatic rings. The van der Waals surface area contributed by atoms with Gasteiger partial charge in [-0.3, -0.25) is 9.59 Å². The molecule has 0 bridgehead atoms. The third-order valence-corrected chi connectivity index (χ3v) is 5.36. The van der Waals surface area contributed by atoms with Crippen LogP contribution in [0.15, 0.2) is 59.1 Å². The second-order valence-electron chi connectivity index (χ2n) is 6.70. The van der Waals surface area contributed by atoms with Crippen molar-refractivity contribution in [1.29, 1.82) is 0 Å². The molecule has 2 amide bonds. The zero-order chi connectivity index (χ0) is 18.5. The van der Waals surface area contributed by atoms with Crippen molar-refractivity contribution >= 4 is 39.1 Å². The Morgan fingerprint density at radius 2 is 1.85 bits per heavy atom. The van der Waals surface area contributed by atoms with Gasteiger partial charge in [-0.15, -0.1) is 0 Å². The number of para-hydroxylation sites is 1. The summed E-state index contributed by atoms with van der Waals surface area (Å²) in [6, 6.07) is 17.1. The molecule has 1 aliphatic rings. The van der Waals surface area contributed by atoms with E-state index < -0.39 is 0 Å². The van der Waals surface area contributed by atoms with Crippen LogP contribution in [0.5, 0.6) is 0 Å². The van der Waals surface area contributed by atoms with Crippen LogP contribution in [-0.4, -0.2) is 18.4 Å². The normalized spacial score (nSPS) is 19.6. The van der Waals surface area contributed by atoms with Gasteiger partial charge in [0.25, 0.3) is 0 Å². The van der Waals surface area contributed by atoms with Crippen LogP contribution in [0.1, 0.15) is 26.2 Å². The van der Waals surface area contributed by atoms with Crippen molar-refractivity contribution in [3.05, 3.63) is 59.1 Å². The Bertz CT molecular complexity index is 761. The minimum atomic E-state index is -0.262. The lowest BCUT2D eigenvalue weighted by Gasteiger charge is -2.17. The Kier molecular flexibility index (Phi) is 6.09. The Hall–Kier alpha value is -2.14. The van der Waals surface area contributed by atoms with Crippen molar-refractivity contribution in [3.8, 4) is 0 Å². The number of amides is 2.